The van der Waals surface area contributed by atoms with Crippen LogP contribution in [0.15, 0.2) is 43.0 Å². The van der Waals surface area contributed by atoms with Gasteiger partial charge in [-0.05, 0) is 31.0 Å². The Balaban J connectivity index is 1.95. The molecule has 0 aliphatic rings. The minimum atomic E-state index is 0.406. The first-order chi connectivity index (χ1) is 9.28. The molecule has 1 N–H and O–H groups in total. The summed E-state index contributed by atoms with van der Waals surface area (Å²) in [5, 5.41) is 3.49. The van der Waals surface area contributed by atoms with Crippen LogP contribution in [0.4, 0.5) is 5.69 Å². The first-order valence-corrected chi connectivity index (χ1v) is 6.58. The third kappa shape index (κ3) is 4.41. The predicted octanol–water partition coefficient (Wildman–Crippen LogP) is 2.77. The van der Waals surface area contributed by atoms with Crippen LogP contribution in [0.2, 0.25) is 0 Å². The molecule has 1 aromatic carbocycles. The normalized spacial score (nSPS) is 12.3. The van der Waals surface area contributed by atoms with Crippen LogP contribution < -0.4 is 5.32 Å². The second-order valence-electron chi connectivity index (χ2n) is 4.76. The number of anilines is 1. The monoisotopic (exact) mass is 259 g/mol. The number of rotatable bonds is 7. The van der Waals surface area contributed by atoms with Gasteiger partial charge in [0, 0.05) is 44.4 Å². The van der Waals surface area contributed by atoms with Crippen molar-refractivity contribution >= 4 is 5.69 Å². The molecule has 0 radical (unpaired) electrons. The van der Waals surface area contributed by atoms with Crippen LogP contribution in [0.25, 0.3) is 0 Å². The molecule has 0 amide bonds. The summed E-state index contributed by atoms with van der Waals surface area (Å²) in [5.74, 6) is 0. The molecule has 1 atom stereocenters. The molecule has 4 heteroatoms. The van der Waals surface area contributed by atoms with E-state index in [-0.39, 0.29) is 0 Å². The minimum Gasteiger partial charge on any atom is -0.385 e. The molecule has 0 fully saturated rings. The van der Waals surface area contributed by atoms with Crippen LogP contribution in [0.5, 0.6) is 0 Å². The SMILES string of the molecule is COCCC(C)Nc1cccc(Cn2ccnc2)c1. The highest BCUT2D eigenvalue weighted by Gasteiger charge is 2.02. The number of methoxy groups -OCH3 is 1. The Hall–Kier alpha value is -1.81. The van der Waals surface area contributed by atoms with Crippen LogP contribution in [-0.4, -0.2) is 29.3 Å². The van der Waals surface area contributed by atoms with Crippen molar-refractivity contribution in [3.8, 4) is 0 Å². The molecule has 4 nitrogen and oxygen atoms in total. The molecular weight excluding hydrogens is 238 g/mol. The lowest BCUT2D eigenvalue weighted by Crippen LogP contribution is -2.17. The van der Waals surface area contributed by atoms with Crippen LogP contribution >= 0.6 is 0 Å². The van der Waals surface area contributed by atoms with Crippen LogP contribution in [0.3, 0.4) is 0 Å². The standard InChI is InChI=1S/C15H21N3O/c1-13(6-9-19-2)17-15-5-3-4-14(10-15)11-18-8-7-16-12-18/h3-5,7-8,10,12-13,17H,6,9,11H2,1-2H3. The van der Waals surface area contributed by atoms with Gasteiger partial charge in [0.2, 0.25) is 0 Å². The Kier molecular flexibility index (Phi) is 4.98. The minimum absolute atomic E-state index is 0.406. The van der Waals surface area contributed by atoms with Crippen molar-refractivity contribution in [1.82, 2.24) is 9.55 Å². The zero-order valence-corrected chi connectivity index (χ0v) is 11.5. The van der Waals surface area contributed by atoms with Gasteiger partial charge >= 0.3 is 0 Å². The third-order valence-corrected chi connectivity index (χ3v) is 3.02. The van der Waals surface area contributed by atoms with Crippen LogP contribution in [0, 0.1) is 0 Å². The number of imidazole rings is 1. The number of aromatic nitrogens is 2. The topological polar surface area (TPSA) is 39.1 Å². The maximum Gasteiger partial charge on any atom is 0.0949 e. The quantitative estimate of drug-likeness (QED) is 0.831. The molecule has 102 valence electrons. The first kappa shape index (κ1) is 13.6. The highest BCUT2D eigenvalue weighted by molar-refractivity contribution is 5.46. The largest absolute Gasteiger partial charge is 0.385 e. The Bertz CT molecular complexity index is 482. The summed E-state index contributed by atoms with van der Waals surface area (Å²) < 4.78 is 7.16. The van der Waals surface area contributed by atoms with Gasteiger partial charge in [0.25, 0.3) is 0 Å². The zero-order valence-electron chi connectivity index (χ0n) is 11.5. The molecule has 0 saturated carbocycles. The molecule has 0 aliphatic carbocycles. The van der Waals surface area contributed by atoms with Gasteiger partial charge in [0.05, 0.1) is 6.33 Å². The average molecular weight is 259 g/mol. The van der Waals surface area contributed by atoms with E-state index in [2.05, 4.69) is 46.1 Å². The van der Waals surface area contributed by atoms with E-state index in [4.69, 9.17) is 4.74 Å². The summed E-state index contributed by atoms with van der Waals surface area (Å²) >= 11 is 0. The number of hydrogen-bond acceptors (Lipinski definition) is 3. The summed E-state index contributed by atoms with van der Waals surface area (Å²) in [4.78, 5) is 4.06. The highest BCUT2D eigenvalue weighted by atomic mass is 16.5. The molecule has 0 bridgehead atoms. The van der Waals surface area contributed by atoms with E-state index in [1.807, 2.05) is 12.5 Å². The molecule has 19 heavy (non-hydrogen) atoms. The summed E-state index contributed by atoms with van der Waals surface area (Å²) in [6.45, 7) is 3.80. The fraction of sp³-hybridized carbons (Fsp3) is 0.400. The van der Waals surface area contributed by atoms with E-state index >= 15 is 0 Å². The summed E-state index contributed by atoms with van der Waals surface area (Å²) in [7, 11) is 1.73. The molecule has 1 unspecified atom stereocenters. The van der Waals surface area contributed by atoms with E-state index in [1.165, 1.54) is 5.56 Å². The number of ether oxygens (including phenoxy) is 1. The van der Waals surface area contributed by atoms with Crippen molar-refractivity contribution in [2.45, 2.75) is 25.9 Å². The van der Waals surface area contributed by atoms with Gasteiger partial charge in [0.15, 0.2) is 0 Å². The second kappa shape index (κ2) is 6.95. The Morgan fingerprint density at radius 1 is 1.42 bits per heavy atom. The van der Waals surface area contributed by atoms with Gasteiger partial charge in [-0.2, -0.15) is 0 Å². The maximum absolute atomic E-state index is 5.09. The van der Waals surface area contributed by atoms with Gasteiger partial charge in [0.1, 0.15) is 0 Å². The molecule has 1 heterocycles. The fourth-order valence-electron chi connectivity index (χ4n) is 2.00. The van der Waals surface area contributed by atoms with Gasteiger partial charge in [-0.15, -0.1) is 0 Å². The van der Waals surface area contributed by atoms with E-state index in [0.717, 1.165) is 25.3 Å². The Labute approximate surface area is 114 Å². The molecule has 1 aromatic heterocycles. The molecule has 2 aromatic rings. The van der Waals surface area contributed by atoms with Gasteiger partial charge in [-0.3, -0.25) is 0 Å². The first-order valence-electron chi connectivity index (χ1n) is 6.58. The zero-order chi connectivity index (χ0) is 13.5. The van der Waals surface area contributed by atoms with Crippen molar-refractivity contribution < 1.29 is 4.74 Å². The van der Waals surface area contributed by atoms with Gasteiger partial charge in [-0.1, -0.05) is 12.1 Å². The van der Waals surface area contributed by atoms with Gasteiger partial charge < -0.3 is 14.6 Å². The molecule has 0 saturated heterocycles. The van der Waals surface area contributed by atoms with Gasteiger partial charge in [-0.25, -0.2) is 4.98 Å². The van der Waals surface area contributed by atoms with Crippen LogP contribution in [0.1, 0.15) is 18.9 Å². The third-order valence-electron chi connectivity index (χ3n) is 3.02. The van der Waals surface area contributed by atoms with Crippen LogP contribution in [-0.2, 0) is 11.3 Å². The molecular formula is C15H21N3O. The fourth-order valence-corrected chi connectivity index (χ4v) is 2.00. The predicted molar refractivity (Wildman–Crippen MR) is 77.3 cm³/mol. The smallest absolute Gasteiger partial charge is 0.0949 e. The van der Waals surface area contributed by atoms with Crippen molar-refractivity contribution in [2.75, 3.05) is 19.0 Å². The highest BCUT2D eigenvalue weighted by Crippen LogP contribution is 2.13. The van der Waals surface area contributed by atoms with Crippen molar-refractivity contribution in [1.29, 1.82) is 0 Å². The summed E-state index contributed by atoms with van der Waals surface area (Å²) in [5.41, 5.74) is 2.42. The lowest BCUT2D eigenvalue weighted by molar-refractivity contribution is 0.191. The number of hydrogen-bond donors (Lipinski definition) is 1. The maximum atomic E-state index is 5.09. The summed E-state index contributed by atoms with van der Waals surface area (Å²) in [6, 6.07) is 8.90. The summed E-state index contributed by atoms with van der Waals surface area (Å²) in [6.07, 6.45) is 6.61. The Morgan fingerprint density at radius 3 is 3.05 bits per heavy atom. The lowest BCUT2D eigenvalue weighted by Gasteiger charge is -2.15. The van der Waals surface area contributed by atoms with E-state index < -0.39 is 0 Å². The molecule has 2 rings (SSSR count). The number of nitrogens with one attached hydrogen (secondary N) is 1. The van der Waals surface area contributed by atoms with Crippen molar-refractivity contribution in [3.05, 3.63) is 48.5 Å². The van der Waals surface area contributed by atoms with Crippen molar-refractivity contribution in [2.24, 2.45) is 0 Å². The number of nitrogens with zero attached hydrogens (tertiary/aromatic N) is 2. The second-order valence-corrected chi connectivity index (χ2v) is 4.76. The lowest BCUT2D eigenvalue weighted by atomic mass is 10.1. The molecule has 0 aliphatic heterocycles. The van der Waals surface area contributed by atoms with Crippen molar-refractivity contribution in [3.63, 3.8) is 0 Å². The van der Waals surface area contributed by atoms with E-state index in [1.54, 1.807) is 13.3 Å². The molecule has 0 spiro atoms. The number of benzene rings is 1. The van der Waals surface area contributed by atoms with E-state index in [0.29, 0.717) is 6.04 Å². The average Bonchev–Trinajstić information content (AvgIpc) is 2.89. The van der Waals surface area contributed by atoms with E-state index in [9.17, 15) is 0 Å². The Morgan fingerprint density at radius 2 is 2.32 bits per heavy atom.